The second kappa shape index (κ2) is 7.84. The number of sulfone groups is 1. The molecule has 2 aromatic rings. The first-order valence-corrected chi connectivity index (χ1v) is 10.8. The van der Waals surface area contributed by atoms with Gasteiger partial charge in [-0.25, -0.2) is 8.42 Å². The number of rotatable bonds is 5. The summed E-state index contributed by atoms with van der Waals surface area (Å²) < 4.78 is 67.7. The van der Waals surface area contributed by atoms with Crippen LogP contribution in [0.2, 0.25) is 0 Å². The molecule has 1 aliphatic heterocycles. The lowest BCUT2D eigenvalue weighted by molar-refractivity contribution is -0.384. The van der Waals surface area contributed by atoms with Crippen molar-refractivity contribution in [3.63, 3.8) is 0 Å². The van der Waals surface area contributed by atoms with Gasteiger partial charge < -0.3 is 9.64 Å². The number of benzene rings is 2. The zero-order valence-electron chi connectivity index (χ0n) is 16.3. The molecule has 0 saturated heterocycles. The lowest BCUT2D eigenvalue weighted by Crippen LogP contribution is -2.33. The number of nitro benzene ring substituents is 1. The van der Waals surface area contributed by atoms with Gasteiger partial charge >= 0.3 is 6.18 Å². The number of halogens is 3. The van der Waals surface area contributed by atoms with Gasteiger partial charge in [0.2, 0.25) is 0 Å². The fourth-order valence-corrected chi connectivity index (χ4v) is 3.77. The summed E-state index contributed by atoms with van der Waals surface area (Å²) in [5.74, 6) is -1.19. The van der Waals surface area contributed by atoms with Crippen LogP contribution in [0, 0.1) is 10.1 Å². The summed E-state index contributed by atoms with van der Waals surface area (Å²) in [6.07, 6.45) is -5.74. The molecule has 8 nitrogen and oxygen atoms in total. The van der Waals surface area contributed by atoms with E-state index in [2.05, 4.69) is 0 Å². The molecular formula is C19H17F3N2O6S. The number of hydrogen-bond donors (Lipinski definition) is 0. The zero-order chi connectivity index (χ0) is 23.1. The lowest BCUT2D eigenvalue weighted by Gasteiger charge is -2.23. The molecule has 0 spiro atoms. The summed E-state index contributed by atoms with van der Waals surface area (Å²) >= 11 is 0. The Labute approximate surface area is 175 Å². The largest absolute Gasteiger partial charge is 0.480 e. The van der Waals surface area contributed by atoms with Crippen molar-refractivity contribution < 1.29 is 36.0 Å². The molecule has 12 heteroatoms. The van der Waals surface area contributed by atoms with E-state index in [0.717, 1.165) is 31.4 Å². The van der Waals surface area contributed by atoms with E-state index in [4.69, 9.17) is 4.74 Å². The summed E-state index contributed by atoms with van der Waals surface area (Å²) in [7, 11) is -3.76. The quantitative estimate of drug-likeness (QED) is 0.501. The molecule has 0 saturated carbocycles. The number of non-ortho nitro benzene ring substituents is 1. The Balaban J connectivity index is 2.04. The number of nitrogens with zero attached hydrogens (tertiary/aromatic N) is 2. The van der Waals surface area contributed by atoms with Crippen molar-refractivity contribution in [2.45, 2.75) is 30.5 Å². The van der Waals surface area contributed by atoms with Gasteiger partial charge in [-0.15, -0.1) is 0 Å². The molecular weight excluding hydrogens is 441 g/mol. The molecule has 1 atom stereocenters. The van der Waals surface area contributed by atoms with Crippen LogP contribution in [0.4, 0.5) is 24.5 Å². The van der Waals surface area contributed by atoms with Crippen molar-refractivity contribution in [2.75, 3.05) is 17.7 Å². The van der Waals surface area contributed by atoms with E-state index in [9.17, 15) is 36.5 Å². The number of carbonyl (C=O) groups excluding carboxylic acids is 1. The highest BCUT2D eigenvalue weighted by molar-refractivity contribution is 7.90. The molecule has 3 rings (SSSR count). The number of carbonyl (C=O) groups is 1. The molecule has 1 heterocycles. The maximum atomic E-state index is 13.2. The molecule has 0 bridgehead atoms. The summed E-state index contributed by atoms with van der Waals surface area (Å²) in [6.45, 7) is 0.885. The average molecular weight is 458 g/mol. The smallest absolute Gasteiger partial charge is 0.425 e. The third-order valence-electron chi connectivity index (χ3n) is 4.79. The van der Waals surface area contributed by atoms with E-state index in [0.29, 0.717) is 17.7 Å². The van der Waals surface area contributed by atoms with Gasteiger partial charge in [0.1, 0.15) is 5.75 Å². The minimum absolute atomic E-state index is 0.118. The number of amides is 1. The molecule has 0 fully saturated rings. The van der Waals surface area contributed by atoms with E-state index in [-0.39, 0.29) is 22.7 Å². The van der Waals surface area contributed by atoms with E-state index >= 15 is 0 Å². The molecule has 0 unspecified atom stereocenters. The van der Waals surface area contributed by atoms with Crippen molar-refractivity contribution in [3.05, 3.63) is 57.6 Å². The Morgan fingerprint density at radius 1 is 1.23 bits per heavy atom. The standard InChI is InChI=1S/C19H17F3N2O6S/c1-11(19(20,21)22)30-17-6-4-14(31(2,28)29)10-15(17)18(25)23-8-7-12-9-13(24(26)27)3-5-16(12)23/h3-6,9-11H,7-8H2,1-2H3/t11-/m0/s1. The first-order valence-electron chi connectivity index (χ1n) is 8.95. The van der Waals surface area contributed by atoms with Crippen LogP contribution < -0.4 is 9.64 Å². The van der Waals surface area contributed by atoms with Gasteiger partial charge in [0.25, 0.3) is 11.6 Å². The van der Waals surface area contributed by atoms with Crippen LogP contribution in [0.15, 0.2) is 41.3 Å². The molecule has 0 radical (unpaired) electrons. The Morgan fingerprint density at radius 2 is 1.90 bits per heavy atom. The third-order valence-corrected chi connectivity index (χ3v) is 5.90. The fourth-order valence-electron chi connectivity index (χ4n) is 3.12. The minimum atomic E-state index is -4.70. The third kappa shape index (κ3) is 4.63. The highest BCUT2D eigenvalue weighted by Crippen LogP contribution is 2.35. The average Bonchev–Trinajstić information content (AvgIpc) is 3.09. The van der Waals surface area contributed by atoms with Crippen molar-refractivity contribution in [1.29, 1.82) is 0 Å². The molecule has 0 aromatic heterocycles. The predicted octanol–water partition coefficient (Wildman–Crippen LogP) is 3.53. The monoisotopic (exact) mass is 458 g/mol. The van der Waals surface area contributed by atoms with Crippen LogP contribution in [0.25, 0.3) is 0 Å². The normalized spacial score (nSPS) is 14.8. The van der Waals surface area contributed by atoms with Crippen molar-refractivity contribution in [3.8, 4) is 5.75 Å². The van der Waals surface area contributed by atoms with Crippen molar-refractivity contribution >= 4 is 27.1 Å². The SMILES string of the molecule is C[C@H](Oc1ccc(S(C)(=O)=O)cc1C(=O)N1CCc2cc([N+](=O)[O-])ccc21)C(F)(F)F. The van der Waals surface area contributed by atoms with Crippen molar-refractivity contribution in [1.82, 2.24) is 0 Å². The van der Waals surface area contributed by atoms with Crippen LogP contribution in [-0.4, -0.2) is 44.3 Å². The summed E-state index contributed by atoms with van der Waals surface area (Å²) in [5.41, 5.74) is 0.364. The fraction of sp³-hybridized carbons (Fsp3) is 0.316. The van der Waals surface area contributed by atoms with E-state index in [1.165, 1.54) is 23.1 Å². The lowest BCUT2D eigenvalue weighted by atomic mass is 10.1. The Kier molecular flexibility index (Phi) is 5.70. The zero-order valence-corrected chi connectivity index (χ0v) is 17.2. The predicted molar refractivity (Wildman–Crippen MR) is 104 cm³/mol. The van der Waals surface area contributed by atoms with Gasteiger partial charge in [0, 0.05) is 30.6 Å². The first-order chi connectivity index (χ1) is 14.3. The Hall–Kier alpha value is -3.15. The Morgan fingerprint density at radius 3 is 2.48 bits per heavy atom. The van der Waals surface area contributed by atoms with E-state index in [1.54, 1.807) is 0 Å². The van der Waals surface area contributed by atoms with Crippen LogP contribution in [0.5, 0.6) is 5.75 Å². The van der Waals surface area contributed by atoms with Gasteiger partial charge in [-0.2, -0.15) is 13.2 Å². The number of alkyl halides is 3. The van der Waals surface area contributed by atoms with Gasteiger partial charge in [0.15, 0.2) is 15.9 Å². The highest BCUT2D eigenvalue weighted by Gasteiger charge is 2.39. The number of hydrogen-bond acceptors (Lipinski definition) is 6. The van der Waals surface area contributed by atoms with Crippen LogP contribution in [0.3, 0.4) is 0 Å². The summed E-state index contributed by atoms with van der Waals surface area (Å²) in [5, 5.41) is 11.0. The number of nitro groups is 1. The van der Waals surface area contributed by atoms with Gasteiger partial charge in [0.05, 0.1) is 15.4 Å². The van der Waals surface area contributed by atoms with Gasteiger partial charge in [-0.3, -0.25) is 14.9 Å². The molecule has 166 valence electrons. The number of fused-ring (bicyclic) bond motifs is 1. The minimum Gasteiger partial charge on any atom is -0.480 e. The molecule has 0 N–H and O–H groups in total. The van der Waals surface area contributed by atoms with Crippen LogP contribution in [-0.2, 0) is 16.3 Å². The summed E-state index contributed by atoms with van der Waals surface area (Å²) in [4.78, 5) is 24.5. The number of ether oxygens (including phenoxy) is 1. The highest BCUT2D eigenvalue weighted by atomic mass is 32.2. The van der Waals surface area contributed by atoms with Crippen molar-refractivity contribution in [2.24, 2.45) is 0 Å². The van der Waals surface area contributed by atoms with E-state index in [1.807, 2.05) is 0 Å². The first kappa shape index (κ1) is 22.5. The molecule has 1 aliphatic rings. The second-order valence-electron chi connectivity index (χ2n) is 7.01. The maximum Gasteiger partial charge on any atom is 0.425 e. The second-order valence-corrected chi connectivity index (χ2v) is 9.02. The number of anilines is 1. The maximum absolute atomic E-state index is 13.2. The molecule has 0 aliphatic carbocycles. The van der Waals surface area contributed by atoms with Gasteiger partial charge in [-0.05, 0) is 43.2 Å². The van der Waals surface area contributed by atoms with Gasteiger partial charge in [-0.1, -0.05) is 0 Å². The topological polar surface area (TPSA) is 107 Å². The summed E-state index contributed by atoms with van der Waals surface area (Å²) in [6, 6.07) is 6.95. The Bertz CT molecular complexity index is 1160. The van der Waals surface area contributed by atoms with E-state index < -0.39 is 38.7 Å². The molecule has 2 aromatic carbocycles. The van der Waals surface area contributed by atoms with Crippen LogP contribution in [0.1, 0.15) is 22.8 Å². The molecule has 31 heavy (non-hydrogen) atoms. The van der Waals surface area contributed by atoms with Crippen LogP contribution >= 0.6 is 0 Å². The molecule has 1 amide bonds.